The molecule has 0 fully saturated rings. The van der Waals surface area contributed by atoms with Crippen molar-refractivity contribution in [2.24, 2.45) is 0 Å². The Labute approximate surface area is 146 Å². The number of rotatable bonds is 7. The van der Waals surface area contributed by atoms with Gasteiger partial charge >= 0.3 is 5.97 Å². The van der Waals surface area contributed by atoms with Crippen molar-refractivity contribution in [3.05, 3.63) is 29.8 Å². The first kappa shape index (κ1) is 20.9. The zero-order valence-corrected chi connectivity index (χ0v) is 15.3. The molecule has 0 radical (unpaired) electrons. The van der Waals surface area contributed by atoms with Gasteiger partial charge in [0, 0.05) is 26.1 Å². The van der Waals surface area contributed by atoms with E-state index in [2.05, 4.69) is 0 Å². The van der Waals surface area contributed by atoms with Gasteiger partial charge < -0.3 is 14.4 Å². The minimum absolute atomic E-state index is 0.0712. The van der Waals surface area contributed by atoms with Gasteiger partial charge in [-0.3, -0.25) is 9.59 Å². The highest BCUT2D eigenvalue weighted by Crippen LogP contribution is 2.17. The summed E-state index contributed by atoms with van der Waals surface area (Å²) < 4.78 is 36.6. The molecule has 0 N–H and O–H groups in total. The van der Waals surface area contributed by atoms with Crippen LogP contribution in [0.15, 0.2) is 18.2 Å². The van der Waals surface area contributed by atoms with Crippen molar-refractivity contribution in [1.29, 1.82) is 0 Å². The second kappa shape index (κ2) is 8.78. The molecule has 0 saturated heterocycles. The third-order valence-electron chi connectivity index (χ3n) is 3.22. The van der Waals surface area contributed by atoms with Crippen LogP contribution in [0.3, 0.4) is 0 Å². The van der Waals surface area contributed by atoms with Crippen LogP contribution in [0.1, 0.15) is 40.5 Å². The Kier molecular flexibility index (Phi) is 7.33. The molecule has 1 amide bonds. The van der Waals surface area contributed by atoms with Gasteiger partial charge in [-0.15, -0.1) is 0 Å². The minimum Gasteiger partial charge on any atom is -0.481 e. The third kappa shape index (κ3) is 7.49. The van der Waals surface area contributed by atoms with Gasteiger partial charge in [-0.2, -0.15) is 0 Å². The molecule has 0 heterocycles. The summed E-state index contributed by atoms with van der Waals surface area (Å²) in [7, 11) is 1.59. The largest absolute Gasteiger partial charge is 0.481 e. The van der Waals surface area contributed by atoms with Crippen molar-refractivity contribution in [2.45, 2.75) is 52.2 Å². The van der Waals surface area contributed by atoms with E-state index in [1.807, 2.05) is 0 Å². The second-order valence-electron chi connectivity index (χ2n) is 6.79. The fourth-order valence-corrected chi connectivity index (χ4v) is 2.08. The van der Waals surface area contributed by atoms with Crippen LogP contribution in [-0.4, -0.2) is 42.1 Å². The summed E-state index contributed by atoms with van der Waals surface area (Å²) in [6.45, 7) is 7.24. The predicted octanol–water partition coefficient (Wildman–Crippen LogP) is 3.31. The Bertz CT molecular complexity index is 614. The summed E-state index contributed by atoms with van der Waals surface area (Å²) in [6.07, 6.45) is -0.209. The Balaban J connectivity index is 2.44. The van der Waals surface area contributed by atoms with Crippen LogP contribution in [0.5, 0.6) is 5.75 Å². The monoisotopic (exact) mass is 357 g/mol. The molecule has 0 bridgehead atoms. The Morgan fingerprint density at radius 3 is 2.40 bits per heavy atom. The lowest BCUT2D eigenvalue weighted by atomic mass is 10.2. The molecule has 0 saturated carbocycles. The Morgan fingerprint density at radius 2 is 1.84 bits per heavy atom. The summed E-state index contributed by atoms with van der Waals surface area (Å²) in [6, 6.07) is 3.08. The average Bonchev–Trinajstić information content (AvgIpc) is 2.48. The van der Waals surface area contributed by atoms with Crippen LogP contribution in [-0.2, 0) is 14.3 Å². The summed E-state index contributed by atoms with van der Waals surface area (Å²) in [4.78, 5) is 25.3. The topological polar surface area (TPSA) is 55.8 Å². The maximum Gasteiger partial charge on any atom is 0.306 e. The number of amides is 1. The lowest BCUT2D eigenvalue weighted by Gasteiger charge is -2.23. The standard InChI is InChI=1S/C18H25F2NO4/c1-12(24-13-8-9-14(19)15(20)11-13)17(23)21(5)10-6-7-16(22)25-18(2,3)4/h8-9,11-12H,6-7,10H2,1-5H3. The Morgan fingerprint density at radius 1 is 1.20 bits per heavy atom. The maximum absolute atomic E-state index is 13.2. The van der Waals surface area contributed by atoms with Crippen LogP contribution in [0.2, 0.25) is 0 Å². The van der Waals surface area contributed by atoms with E-state index in [4.69, 9.17) is 9.47 Å². The first-order chi connectivity index (χ1) is 11.5. The maximum atomic E-state index is 13.2. The molecule has 0 aliphatic carbocycles. The molecule has 1 atom stereocenters. The highest BCUT2D eigenvalue weighted by molar-refractivity contribution is 5.80. The van der Waals surface area contributed by atoms with E-state index >= 15 is 0 Å². The second-order valence-corrected chi connectivity index (χ2v) is 6.79. The van der Waals surface area contributed by atoms with Gasteiger partial charge in [0.1, 0.15) is 11.4 Å². The lowest BCUT2D eigenvalue weighted by Crippen LogP contribution is -2.38. The lowest BCUT2D eigenvalue weighted by molar-refractivity contribution is -0.155. The molecule has 0 spiro atoms. The number of esters is 1. The van der Waals surface area contributed by atoms with Gasteiger partial charge in [-0.1, -0.05) is 0 Å². The van der Waals surface area contributed by atoms with E-state index < -0.39 is 23.3 Å². The number of carbonyl (C=O) groups is 2. The fraction of sp³-hybridized carbons (Fsp3) is 0.556. The molecule has 1 aromatic carbocycles. The van der Waals surface area contributed by atoms with Crippen molar-refractivity contribution < 1.29 is 27.8 Å². The summed E-state index contributed by atoms with van der Waals surface area (Å²) >= 11 is 0. The van der Waals surface area contributed by atoms with Crippen LogP contribution in [0, 0.1) is 11.6 Å². The van der Waals surface area contributed by atoms with Gasteiger partial charge in [-0.05, 0) is 46.2 Å². The van der Waals surface area contributed by atoms with E-state index in [-0.39, 0.29) is 24.0 Å². The number of ether oxygens (including phenoxy) is 2. The highest BCUT2D eigenvalue weighted by atomic mass is 19.2. The number of carbonyl (C=O) groups excluding carboxylic acids is 2. The third-order valence-corrected chi connectivity index (χ3v) is 3.22. The molecule has 0 aliphatic heterocycles. The SMILES string of the molecule is CC(Oc1ccc(F)c(F)c1)C(=O)N(C)CCCC(=O)OC(C)(C)C. The van der Waals surface area contributed by atoms with Gasteiger partial charge in [0.25, 0.3) is 5.91 Å². The fourth-order valence-electron chi connectivity index (χ4n) is 2.08. The van der Waals surface area contributed by atoms with E-state index in [0.717, 1.165) is 12.1 Å². The van der Waals surface area contributed by atoms with Crippen LogP contribution in [0.25, 0.3) is 0 Å². The summed E-state index contributed by atoms with van der Waals surface area (Å²) in [5, 5.41) is 0. The van der Waals surface area contributed by atoms with Crippen molar-refractivity contribution in [3.63, 3.8) is 0 Å². The number of halogens is 2. The number of hydrogen-bond donors (Lipinski definition) is 0. The zero-order valence-electron chi connectivity index (χ0n) is 15.3. The number of nitrogens with zero attached hydrogens (tertiary/aromatic N) is 1. The molecule has 0 aromatic heterocycles. The van der Waals surface area contributed by atoms with Crippen LogP contribution >= 0.6 is 0 Å². The van der Waals surface area contributed by atoms with E-state index in [0.29, 0.717) is 13.0 Å². The van der Waals surface area contributed by atoms with Crippen LogP contribution < -0.4 is 4.74 Å². The molecule has 25 heavy (non-hydrogen) atoms. The summed E-state index contributed by atoms with van der Waals surface area (Å²) in [5.74, 6) is -2.59. The summed E-state index contributed by atoms with van der Waals surface area (Å²) in [5.41, 5.74) is -0.536. The first-order valence-electron chi connectivity index (χ1n) is 8.08. The molecule has 140 valence electrons. The molecule has 7 heteroatoms. The molecule has 1 unspecified atom stereocenters. The van der Waals surface area contributed by atoms with Crippen molar-refractivity contribution in [1.82, 2.24) is 4.90 Å². The number of likely N-dealkylation sites (N-methyl/N-ethyl adjacent to an activating group) is 1. The molecular formula is C18H25F2NO4. The van der Waals surface area contributed by atoms with Gasteiger partial charge in [0.05, 0.1) is 0 Å². The molecule has 1 aromatic rings. The smallest absolute Gasteiger partial charge is 0.306 e. The quantitative estimate of drug-likeness (QED) is 0.703. The normalized spacial score (nSPS) is 12.4. The predicted molar refractivity (Wildman–Crippen MR) is 89.2 cm³/mol. The number of hydrogen-bond acceptors (Lipinski definition) is 4. The first-order valence-corrected chi connectivity index (χ1v) is 8.08. The molecule has 0 aliphatic rings. The van der Waals surface area contributed by atoms with Gasteiger partial charge in [0.2, 0.25) is 0 Å². The van der Waals surface area contributed by atoms with Gasteiger partial charge in [-0.25, -0.2) is 8.78 Å². The van der Waals surface area contributed by atoms with Crippen molar-refractivity contribution in [3.8, 4) is 5.75 Å². The number of benzene rings is 1. The van der Waals surface area contributed by atoms with E-state index in [1.165, 1.54) is 17.9 Å². The highest BCUT2D eigenvalue weighted by Gasteiger charge is 2.21. The molecular weight excluding hydrogens is 332 g/mol. The minimum atomic E-state index is -1.04. The molecule has 5 nitrogen and oxygen atoms in total. The zero-order chi connectivity index (χ0) is 19.2. The van der Waals surface area contributed by atoms with Crippen LogP contribution in [0.4, 0.5) is 8.78 Å². The van der Waals surface area contributed by atoms with Crippen molar-refractivity contribution >= 4 is 11.9 Å². The molecule has 1 rings (SSSR count). The van der Waals surface area contributed by atoms with E-state index in [9.17, 15) is 18.4 Å². The average molecular weight is 357 g/mol. The van der Waals surface area contributed by atoms with Gasteiger partial charge in [0.15, 0.2) is 17.7 Å². The van der Waals surface area contributed by atoms with Crippen molar-refractivity contribution in [2.75, 3.05) is 13.6 Å². The Hall–Kier alpha value is -2.18. The van der Waals surface area contributed by atoms with E-state index in [1.54, 1.807) is 27.8 Å².